The second kappa shape index (κ2) is 10.8. The van der Waals surface area contributed by atoms with Gasteiger partial charge in [0.2, 0.25) is 0 Å². The highest BCUT2D eigenvalue weighted by Crippen LogP contribution is 2.44. The Morgan fingerprint density at radius 3 is 2.77 bits per heavy atom. The van der Waals surface area contributed by atoms with Gasteiger partial charge >= 0.3 is 0 Å². The predicted molar refractivity (Wildman–Crippen MR) is 180 cm³/mol. The number of fused-ring (bicyclic) bond motifs is 3. The molecule has 6 aliphatic rings. The third-order valence-electron chi connectivity index (χ3n) is 10.2. The first-order valence-electron chi connectivity index (χ1n) is 16.0. The zero-order chi connectivity index (χ0) is 28.8. The van der Waals surface area contributed by atoms with Gasteiger partial charge in [0.15, 0.2) is 0 Å². The molecule has 4 atom stereocenters. The average Bonchev–Trinajstić information content (AvgIpc) is 3.07. The molecule has 0 aromatic carbocycles. The number of pyridine rings is 2. The average molecular weight is 559 g/mol. The van der Waals surface area contributed by atoms with Crippen LogP contribution in [-0.2, 0) is 0 Å². The third-order valence-corrected chi connectivity index (χ3v) is 10.2. The molecular formula is C41H38N2. The van der Waals surface area contributed by atoms with Crippen molar-refractivity contribution in [2.24, 2.45) is 17.3 Å². The fourth-order valence-corrected chi connectivity index (χ4v) is 7.75. The second-order valence-corrected chi connectivity index (χ2v) is 13.0. The smallest absolute Gasteiger partial charge is 0.0678 e. The van der Waals surface area contributed by atoms with Crippen molar-refractivity contribution >= 4 is 29.4 Å². The van der Waals surface area contributed by atoms with E-state index >= 15 is 0 Å². The van der Waals surface area contributed by atoms with E-state index in [0.29, 0.717) is 17.8 Å². The molecule has 8 rings (SSSR count). The molecule has 43 heavy (non-hydrogen) atoms. The van der Waals surface area contributed by atoms with Gasteiger partial charge in [0.25, 0.3) is 0 Å². The van der Waals surface area contributed by atoms with Crippen LogP contribution in [0.4, 0.5) is 0 Å². The largest absolute Gasteiger partial charge is 0.260 e. The SMILES string of the molecule is CC12C=CC=CC1=CC=C(c1cc(C3=CCC(C4CC=Cc5cccnc54)C=C3)c3c(n1)=C[C@H](C1=CCCC=C1)CC=3)C2. The van der Waals surface area contributed by atoms with E-state index in [9.17, 15) is 0 Å². The van der Waals surface area contributed by atoms with Gasteiger partial charge in [0.05, 0.1) is 16.7 Å². The lowest BCUT2D eigenvalue weighted by atomic mass is 9.71. The van der Waals surface area contributed by atoms with Gasteiger partial charge in [0.1, 0.15) is 0 Å². The van der Waals surface area contributed by atoms with Gasteiger partial charge in [-0.3, -0.25) is 4.98 Å². The Balaban J connectivity index is 1.18. The summed E-state index contributed by atoms with van der Waals surface area (Å²) in [7, 11) is 0. The Bertz CT molecular complexity index is 1900. The van der Waals surface area contributed by atoms with Crippen LogP contribution in [0.2, 0.25) is 0 Å². The van der Waals surface area contributed by atoms with Crippen molar-refractivity contribution in [3.8, 4) is 0 Å². The molecular weight excluding hydrogens is 520 g/mol. The van der Waals surface area contributed by atoms with E-state index in [0.717, 1.165) is 49.6 Å². The lowest BCUT2D eigenvalue weighted by Gasteiger charge is -2.33. The molecule has 2 aromatic heterocycles. The van der Waals surface area contributed by atoms with Crippen LogP contribution in [0.25, 0.3) is 29.4 Å². The fraction of sp³-hybridized carbons (Fsp3) is 0.268. The van der Waals surface area contributed by atoms with Crippen LogP contribution in [-0.4, -0.2) is 9.97 Å². The molecule has 0 fully saturated rings. The van der Waals surface area contributed by atoms with Gasteiger partial charge in [-0.1, -0.05) is 110 Å². The fourth-order valence-electron chi connectivity index (χ4n) is 7.75. The number of hydrogen-bond acceptors (Lipinski definition) is 2. The number of hydrogen-bond donors (Lipinski definition) is 0. The summed E-state index contributed by atoms with van der Waals surface area (Å²) in [5, 5.41) is 2.43. The van der Waals surface area contributed by atoms with Crippen molar-refractivity contribution in [1.82, 2.24) is 9.97 Å². The predicted octanol–water partition coefficient (Wildman–Crippen LogP) is 8.34. The summed E-state index contributed by atoms with van der Waals surface area (Å²) >= 11 is 0. The highest BCUT2D eigenvalue weighted by atomic mass is 14.7. The van der Waals surface area contributed by atoms with E-state index in [1.165, 1.54) is 44.3 Å². The van der Waals surface area contributed by atoms with E-state index in [1.54, 1.807) is 0 Å². The number of nitrogens with zero attached hydrogens (tertiary/aromatic N) is 2. The number of aromatic nitrogens is 2. The van der Waals surface area contributed by atoms with Crippen molar-refractivity contribution in [3.05, 3.63) is 148 Å². The van der Waals surface area contributed by atoms with Crippen molar-refractivity contribution in [1.29, 1.82) is 0 Å². The summed E-state index contributed by atoms with van der Waals surface area (Å²) in [6, 6.07) is 6.61. The first-order valence-corrected chi connectivity index (χ1v) is 16.0. The summed E-state index contributed by atoms with van der Waals surface area (Å²) in [5.74, 6) is 1.28. The maximum Gasteiger partial charge on any atom is 0.0678 e. The Kier molecular flexibility index (Phi) is 6.59. The second-order valence-electron chi connectivity index (χ2n) is 13.0. The van der Waals surface area contributed by atoms with Crippen LogP contribution in [0.3, 0.4) is 0 Å². The minimum absolute atomic E-state index is 0.0165. The maximum absolute atomic E-state index is 5.37. The molecule has 0 N–H and O–H groups in total. The molecule has 0 radical (unpaired) electrons. The van der Waals surface area contributed by atoms with Gasteiger partial charge in [-0.05, 0) is 90.0 Å². The monoisotopic (exact) mass is 558 g/mol. The maximum atomic E-state index is 5.37. The van der Waals surface area contributed by atoms with E-state index in [-0.39, 0.29) is 5.41 Å². The van der Waals surface area contributed by atoms with Crippen molar-refractivity contribution in [3.63, 3.8) is 0 Å². The molecule has 0 aliphatic heterocycles. The third kappa shape index (κ3) is 4.83. The normalized spacial score (nSPS) is 28.3. The van der Waals surface area contributed by atoms with Crippen molar-refractivity contribution in [2.75, 3.05) is 0 Å². The molecule has 6 aliphatic carbocycles. The number of allylic oxidation sites excluding steroid dienone is 17. The highest BCUT2D eigenvalue weighted by molar-refractivity contribution is 5.79. The molecule has 212 valence electrons. The minimum Gasteiger partial charge on any atom is -0.260 e. The van der Waals surface area contributed by atoms with Crippen LogP contribution < -0.4 is 10.6 Å². The molecule has 0 bridgehead atoms. The molecule has 3 unspecified atom stereocenters. The molecule has 0 amide bonds. The first-order chi connectivity index (χ1) is 21.1. The minimum atomic E-state index is 0.0165. The Morgan fingerprint density at radius 2 is 1.88 bits per heavy atom. The van der Waals surface area contributed by atoms with Crippen molar-refractivity contribution in [2.45, 2.75) is 51.4 Å². The van der Waals surface area contributed by atoms with Crippen LogP contribution in [0.5, 0.6) is 0 Å². The van der Waals surface area contributed by atoms with E-state index in [2.05, 4.69) is 116 Å². The quantitative estimate of drug-likeness (QED) is 0.377. The molecule has 0 saturated heterocycles. The topological polar surface area (TPSA) is 25.8 Å². The zero-order valence-corrected chi connectivity index (χ0v) is 24.9. The lowest BCUT2D eigenvalue weighted by Crippen LogP contribution is -2.36. The summed E-state index contributed by atoms with van der Waals surface area (Å²) in [6.45, 7) is 2.35. The summed E-state index contributed by atoms with van der Waals surface area (Å²) in [4.78, 5) is 10.2. The molecule has 0 saturated carbocycles. The van der Waals surface area contributed by atoms with E-state index in [1.807, 2.05) is 12.3 Å². The van der Waals surface area contributed by atoms with Crippen molar-refractivity contribution < 1.29 is 0 Å². The van der Waals surface area contributed by atoms with Gasteiger partial charge in [-0.15, -0.1) is 0 Å². The number of rotatable bonds is 4. The molecule has 2 aromatic rings. The standard InChI is InChI=1S/C41H38N2/c1-41-23-6-5-13-34(41)21-19-33(27-41)38-26-37(36-22-20-32(25-39(36)43-38)28-9-3-2-4-10-28)30-17-15-29(16-18-30)35-14-7-11-31-12-8-24-42-40(31)35/h3,5-13,15,17-19,21-26,29,32,35H,2,4,14,16,20,27H2,1H3/t29?,32-,35?,41?/m1/s1. The van der Waals surface area contributed by atoms with Crippen LogP contribution >= 0.6 is 0 Å². The Morgan fingerprint density at radius 1 is 0.907 bits per heavy atom. The van der Waals surface area contributed by atoms with Crippen LogP contribution in [0.15, 0.2) is 115 Å². The molecule has 2 heteroatoms. The lowest BCUT2D eigenvalue weighted by molar-refractivity contribution is 0.498. The molecule has 2 nitrogen and oxygen atoms in total. The van der Waals surface area contributed by atoms with Gasteiger partial charge in [0, 0.05) is 28.7 Å². The summed E-state index contributed by atoms with van der Waals surface area (Å²) in [6.07, 6.45) is 45.6. The summed E-state index contributed by atoms with van der Waals surface area (Å²) < 4.78 is 0. The van der Waals surface area contributed by atoms with Gasteiger partial charge in [-0.2, -0.15) is 0 Å². The van der Waals surface area contributed by atoms with Crippen LogP contribution in [0, 0.1) is 17.3 Å². The zero-order valence-electron chi connectivity index (χ0n) is 24.9. The summed E-state index contributed by atoms with van der Waals surface area (Å²) in [5.41, 5.74) is 10.4. The Labute approximate surface area is 255 Å². The Hall–Kier alpha value is -4.30. The van der Waals surface area contributed by atoms with E-state index in [4.69, 9.17) is 9.97 Å². The van der Waals surface area contributed by atoms with Gasteiger partial charge < -0.3 is 0 Å². The molecule has 2 heterocycles. The van der Waals surface area contributed by atoms with Crippen LogP contribution in [0.1, 0.15) is 73.9 Å². The first kappa shape index (κ1) is 26.3. The van der Waals surface area contributed by atoms with Gasteiger partial charge in [-0.25, -0.2) is 4.98 Å². The molecule has 0 spiro atoms. The van der Waals surface area contributed by atoms with E-state index < -0.39 is 0 Å². The highest BCUT2D eigenvalue weighted by Gasteiger charge is 2.31.